The minimum absolute atomic E-state index is 0. The fraction of sp³-hybridized carbons (Fsp3) is 0.0638. The summed E-state index contributed by atoms with van der Waals surface area (Å²) in [6.07, 6.45) is 0. The summed E-state index contributed by atoms with van der Waals surface area (Å²) in [5, 5.41) is 8.50. The van der Waals surface area contributed by atoms with Crippen molar-refractivity contribution in [3.05, 3.63) is 218 Å². The van der Waals surface area contributed by atoms with Crippen molar-refractivity contribution in [1.82, 2.24) is 0 Å². The molecule has 2 nitrogen and oxygen atoms in total. The van der Waals surface area contributed by atoms with Crippen LogP contribution >= 0.6 is 15.8 Å². The first-order chi connectivity index (χ1) is 27.4. The van der Waals surface area contributed by atoms with E-state index in [9.17, 15) is 26.5 Å². The van der Waals surface area contributed by atoms with Gasteiger partial charge in [0.1, 0.15) is 21.7 Å². The summed E-state index contributed by atoms with van der Waals surface area (Å²) in [6, 6.07) is 74.8. The van der Waals surface area contributed by atoms with Gasteiger partial charge in [0.2, 0.25) is 0 Å². The number of rotatable bonds is 7. The Morgan fingerprint density at radius 3 is 0.881 bits per heavy atom. The molecule has 0 saturated carbocycles. The molecule has 0 spiro atoms. The molecule has 0 fully saturated rings. The van der Waals surface area contributed by atoms with Gasteiger partial charge in [0, 0.05) is 0 Å². The van der Waals surface area contributed by atoms with E-state index in [1.807, 2.05) is 12.1 Å². The van der Waals surface area contributed by atoms with Gasteiger partial charge < -0.3 is 9.59 Å². The van der Waals surface area contributed by atoms with Gasteiger partial charge >= 0.3 is 56.5 Å². The maximum Gasteiger partial charge on any atom is 0.102 e. The van der Waals surface area contributed by atoms with Crippen LogP contribution in [0.25, 0.3) is 0 Å². The van der Waals surface area contributed by atoms with Crippen LogP contribution in [0, 0.1) is 6.07 Å². The topological polar surface area (TPSA) is 34.1 Å². The molecular formula is C47H45F6IrO2P2Sb+. The van der Waals surface area contributed by atoms with Crippen LogP contribution in [0.5, 0.6) is 0 Å². The monoisotopic (exact) mass is 1130 g/mol. The molecule has 0 bridgehead atoms. The number of carbonyl (C=O) groups is 2. The van der Waals surface area contributed by atoms with Gasteiger partial charge in [-0.25, -0.2) is 0 Å². The number of carbonyl (C=O) groups excluding carboxylic acids is 2. The molecule has 310 valence electrons. The van der Waals surface area contributed by atoms with Crippen molar-refractivity contribution in [3.63, 3.8) is 0 Å². The summed E-state index contributed by atoms with van der Waals surface area (Å²) in [7, 11) is -1.32. The van der Waals surface area contributed by atoms with Crippen molar-refractivity contribution in [3.8, 4) is 0 Å². The van der Waals surface area contributed by atoms with Crippen molar-refractivity contribution in [2.24, 2.45) is 0 Å². The van der Waals surface area contributed by atoms with Crippen LogP contribution in [0.2, 0.25) is 0 Å². The van der Waals surface area contributed by atoms with Gasteiger partial charge in [0.25, 0.3) is 0 Å². The molecule has 59 heavy (non-hydrogen) atoms. The fourth-order valence-corrected chi connectivity index (χ4v) is 9.99. The largest absolute Gasteiger partial charge is 0.102 e. The molecule has 1 radical (unpaired) electrons. The van der Waals surface area contributed by atoms with Gasteiger partial charge in [-0.1, -0.05) is 146 Å². The summed E-state index contributed by atoms with van der Waals surface area (Å²) in [5.41, 5.74) is 0.650. The van der Waals surface area contributed by atoms with Crippen molar-refractivity contribution in [2.45, 2.75) is 20.8 Å². The molecule has 0 unspecified atom stereocenters. The Labute approximate surface area is 361 Å². The molecule has 7 aromatic carbocycles. The fourth-order valence-electron chi connectivity index (χ4n) is 5.11. The van der Waals surface area contributed by atoms with E-state index in [1.54, 1.807) is 12.1 Å². The molecule has 0 aliphatic rings. The number of ketones is 2. The van der Waals surface area contributed by atoms with Gasteiger partial charge in [-0.3, -0.25) is 0 Å². The number of benzene rings is 7. The first-order valence-corrected chi connectivity index (χ1v) is 26.5. The smallest absolute Gasteiger partial charge is 0.0622 e. The van der Waals surface area contributed by atoms with Crippen LogP contribution in [0.4, 0.5) is 16.9 Å². The Kier molecular flexibility index (Phi) is 20.8. The summed E-state index contributed by atoms with van der Waals surface area (Å²) >= 11 is -11.2. The zero-order valence-electron chi connectivity index (χ0n) is 32.5. The molecule has 0 saturated heterocycles. The average Bonchev–Trinajstić information content (AvgIpc) is 3.20. The molecule has 0 aliphatic heterocycles. The average molecular weight is 1130 g/mol. The Morgan fingerprint density at radius 2 is 0.678 bits per heavy atom. The van der Waals surface area contributed by atoms with Gasteiger partial charge in [-0.2, -0.15) is 0 Å². The second kappa shape index (κ2) is 24.1. The first kappa shape index (κ1) is 50.9. The van der Waals surface area contributed by atoms with Crippen LogP contribution in [0.3, 0.4) is 0 Å². The maximum absolute atomic E-state index is 11.2. The quantitative estimate of drug-likeness (QED) is 0.0524. The van der Waals surface area contributed by atoms with Crippen LogP contribution < -0.4 is 31.8 Å². The standard InChI is InChI=1S/2C18H15P.C8H7O.C3H6O.6FH.Ir.Sb.H/c2*1-4-10-16(11-5-1)19(17-12-6-2-7-13-17)18-14-8-3-9-15-18;1-7(9)8-5-3-2-4-6-8;1-3(2)4;;;;;;;;;/h2*1-15H;2-5H,1H3;1-2H3;6*1H;;;/q;;-1;;;;;;;;+2;+5;/p-5. The van der Waals surface area contributed by atoms with Crippen molar-refractivity contribution in [2.75, 3.05) is 0 Å². The zero-order chi connectivity index (χ0) is 42.5. The van der Waals surface area contributed by atoms with E-state index < -0.39 is 35.3 Å². The van der Waals surface area contributed by atoms with Crippen LogP contribution in [0.1, 0.15) is 31.1 Å². The second-order valence-electron chi connectivity index (χ2n) is 12.5. The zero-order valence-corrected chi connectivity index (χ0v) is 39.4. The van der Waals surface area contributed by atoms with Crippen molar-refractivity contribution in [1.29, 1.82) is 0 Å². The number of hydrogen-bond acceptors (Lipinski definition) is 2. The molecular weight excluding hydrogens is 1090 g/mol. The van der Waals surface area contributed by atoms with E-state index in [0.29, 0.717) is 5.56 Å². The van der Waals surface area contributed by atoms with Crippen molar-refractivity contribution < 1.29 is 46.6 Å². The summed E-state index contributed by atoms with van der Waals surface area (Å²) < 4.78 is 59.6. The van der Waals surface area contributed by atoms with E-state index in [1.165, 1.54) is 52.6 Å². The molecule has 7 rings (SSSR count). The summed E-state index contributed by atoms with van der Waals surface area (Å²) in [6.45, 7) is 4.59. The summed E-state index contributed by atoms with van der Waals surface area (Å²) in [4.78, 5) is 20.1. The number of hydrogen-bond donors (Lipinski definition) is 0. The summed E-state index contributed by atoms with van der Waals surface area (Å²) in [5.74, 6) is 0.232. The predicted octanol–water partition coefficient (Wildman–Crippen LogP) is 10.8. The molecule has 0 aliphatic carbocycles. The SMILES string of the molecule is CC(=O)c1[c-]cccc1.CC(C)=O.[F][Sb-]([F])([F])([F])([F])[F].[IrH+2].c1ccc(P(c2ccccc2)c2ccccc2)cc1.c1ccc([PH+](c2ccccc2)c2ccccc2)cc1. The maximum atomic E-state index is 10.6. The third-order valence-electron chi connectivity index (χ3n) is 7.32. The molecule has 0 heterocycles. The first-order valence-electron chi connectivity index (χ1n) is 17.9. The minimum Gasteiger partial charge on any atom is -0.0622 e. The molecule has 12 heteroatoms. The van der Waals surface area contributed by atoms with Gasteiger partial charge in [0.15, 0.2) is 0 Å². The Balaban J connectivity index is 0.000000280. The van der Waals surface area contributed by atoms with Gasteiger partial charge in [0.05, 0.1) is 13.7 Å². The molecule has 0 aromatic heterocycles. The Bertz CT molecular complexity index is 1910. The molecule has 0 N–H and O–H groups in total. The Hall–Kier alpha value is -4.21. The second-order valence-corrected chi connectivity index (χ2v) is 22.7. The van der Waals surface area contributed by atoms with E-state index in [0.717, 1.165) is 0 Å². The third-order valence-corrected chi connectivity index (χ3v) is 12.5. The molecule has 7 aromatic rings. The van der Waals surface area contributed by atoms with E-state index in [4.69, 9.17) is 0 Å². The number of Topliss-reactive ketones (excluding diaryl/α,β-unsaturated/α-hetero) is 2. The normalized spacial score (nSPS) is 11.4. The predicted molar refractivity (Wildman–Crippen MR) is 237 cm³/mol. The van der Waals surface area contributed by atoms with E-state index >= 15 is 0 Å². The van der Waals surface area contributed by atoms with Crippen LogP contribution in [-0.2, 0) is 24.9 Å². The van der Waals surface area contributed by atoms with Crippen molar-refractivity contribution >= 4 is 78.7 Å². The number of halogens is 6. The van der Waals surface area contributed by atoms with Crippen LogP contribution in [0.15, 0.2) is 206 Å². The molecule has 0 amide bonds. The van der Waals surface area contributed by atoms with E-state index in [2.05, 4.69) is 188 Å². The Morgan fingerprint density at radius 1 is 0.441 bits per heavy atom. The van der Waals surface area contributed by atoms with Crippen LogP contribution in [-0.4, -0.2) is 31.0 Å². The van der Waals surface area contributed by atoms with Gasteiger partial charge in [-0.15, -0.1) is 35.9 Å². The minimum atomic E-state index is -11.2. The third kappa shape index (κ3) is 22.7. The van der Waals surface area contributed by atoms with E-state index in [-0.39, 0.29) is 31.7 Å². The van der Waals surface area contributed by atoms with Gasteiger partial charge in [-0.05, 0) is 81.0 Å². The molecule has 0 atom stereocenters.